The number of amides is 1. The van der Waals surface area contributed by atoms with Crippen LogP contribution < -0.4 is 10.6 Å². The van der Waals surface area contributed by atoms with Gasteiger partial charge in [-0.1, -0.05) is 19.8 Å². The van der Waals surface area contributed by atoms with Crippen molar-refractivity contribution in [2.24, 2.45) is 5.92 Å². The Kier molecular flexibility index (Phi) is 6.32. The lowest BCUT2D eigenvalue weighted by molar-refractivity contribution is -0.115. The van der Waals surface area contributed by atoms with E-state index in [1.807, 2.05) is 0 Å². The van der Waals surface area contributed by atoms with E-state index < -0.39 is 10.0 Å². The van der Waals surface area contributed by atoms with Crippen molar-refractivity contribution in [1.82, 2.24) is 9.62 Å². The quantitative estimate of drug-likeness (QED) is 0.796. The van der Waals surface area contributed by atoms with E-state index in [0.717, 1.165) is 25.7 Å². The van der Waals surface area contributed by atoms with Crippen molar-refractivity contribution in [2.45, 2.75) is 56.4 Å². The van der Waals surface area contributed by atoms with Crippen LogP contribution in [-0.2, 0) is 14.8 Å². The topological polar surface area (TPSA) is 78.5 Å². The van der Waals surface area contributed by atoms with Crippen molar-refractivity contribution < 1.29 is 13.2 Å². The van der Waals surface area contributed by atoms with Crippen LogP contribution in [0.15, 0.2) is 29.2 Å². The van der Waals surface area contributed by atoms with Crippen LogP contribution in [0.5, 0.6) is 0 Å². The van der Waals surface area contributed by atoms with Gasteiger partial charge in [-0.05, 0) is 55.9 Å². The van der Waals surface area contributed by atoms with Crippen LogP contribution in [0.4, 0.5) is 5.69 Å². The van der Waals surface area contributed by atoms with E-state index in [4.69, 9.17) is 0 Å². The van der Waals surface area contributed by atoms with Gasteiger partial charge in [0.15, 0.2) is 0 Å². The summed E-state index contributed by atoms with van der Waals surface area (Å²) in [6, 6.07) is 6.92. The Bertz CT molecular complexity index is 704. The fraction of sp³-hybridized carbons (Fsp3) is 0.632. The van der Waals surface area contributed by atoms with Crippen LogP contribution in [0.3, 0.4) is 0 Å². The fourth-order valence-electron chi connectivity index (χ4n) is 3.66. The molecule has 0 unspecified atom stereocenters. The van der Waals surface area contributed by atoms with Gasteiger partial charge in [-0.3, -0.25) is 4.79 Å². The molecule has 6 nitrogen and oxygen atoms in total. The van der Waals surface area contributed by atoms with Crippen molar-refractivity contribution in [3.05, 3.63) is 24.3 Å². The molecule has 0 atom stereocenters. The maximum absolute atomic E-state index is 12.7. The molecule has 7 heteroatoms. The number of hydrogen-bond acceptors (Lipinski definition) is 4. The van der Waals surface area contributed by atoms with Crippen molar-refractivity contribution in [2.75, 3.05) is 25.0 Å². The predicted molar refractivity (Wildman–Crippen MR) is 102 cm³/mol. The first-order chi connectivity index (χ1) is 12.4. The van der Waals surface area contributed by atoms with Crippen molar-refractivity contribution in [1.29, 1.82) is 0 Å². The van der Waals surface area contributed by atoms with Crippen molar-refractivity contribution in [3.63, 3.8) is 0 Å². The van der Waals surface area contributed by atoms with Crippen molar-refractivity contribution in [3.8, 4) is 0 Å². The van der Waals surface area contributed by atoms with Gasteiger partial charge in [0, 0.05) is 24.8 Å². The average molecular weight is 380 g/mol. The van der Waals surface area contributed by atoms with Crippen LogP contribution in [0, 0.1) is 5.92 Å². The van der Waals surface area contributed by atoms with E-state index in [0.29, 0.717) is 30.7 Å². The molecule has 1 amide bonds. The summed E-state index contributed by atoms with van der Waals surface area (Å²) in [5, 5.41) is 6.09. The summed E-state index contributed by atoms with van der Waals surface area (Å²) in [7, 11) is -3.44. The number of benzene rings is 1. The van der Waals surface area contributed by atoms with Gasteiger partial charge in [-0.15, -0.1) is 0 Å². The van der Waals surface area contributed by atoms with E-state index in [2.05, 4.69) is 17.6 Å². The largest absolute Gasteiger partial charge is 0.325 e. The molecule has 2 N–H and O–H groups in total. The lowest BCUT2D eigenvalue weighted by Crippen LogP contribution is -2.37. The molecule has 0 spiro atoms. The molecule has 144 valence electrons. The van der Waals surface area contributed by atoms with Crippen LogP contribution in [0.2, 0.25) is 0 Å². The Morgan fingerprint density at radius 2 is 1.69 bits per heavy atom. The summed E-state index contributed by atoms with van der Waals surface area (Å²) in [6.45, 7) is 3.60. The second-order valence-electron chi connectivity index (χ2n) is 7.52. The van der Waals surface area contributed by atoms with E-state index in [-0.39, 0.29) is 17.3 Å². The Morgan fingerprint density at radius 1 is 1.08 bits per heavy atom. The number of carbonyl (C=O) groups is 1. The molecule has 1 heterocycles. The third kappa shape index (κ3) is 4.84. The number of hydrogen-bond donors (Lipinski definition) is 2. The highest BCUT2D eigenvalue weighted by Crippen LogP contribution is 2.24. The van der Waals surface area contributed by atoms with Gasteiger partial charge >= 0.3 is 0 Å². The van der Waals surface area contributed by atoms with Gasteiger partial charge in [-0.25, -0.2) is 8.42 Å². The van der Waals surface area contributed by atoms with Gasteiger partial charge in [0.05, 0.1) is 11.4 Å². The van der Waals surface area contributed by atoms with E-state index >= 15 is 0 Å². The zero-order valence-corrected chi connectivity index (χ0v) is 16.2. The SMILES string of the molecule is CC1CCN(S(=O)(=O)c2ccc(NC(=O)CNC3CCCC3)cc2)CC1. The highest BCUT2D eigenvalue weighted by molar-refractivity contribution is 7.89. The van der Waals surface area contributed by atoms with E-state index in [1.165, 1.54) is 12.8 Å². The molecular weight excluding hydrogens is 350 g/mol. The molecule has 1 aliphatic heterocycles. The monoisotopic (exact) mass is 379 g/mol. The Morgan fingerprint density at radius 3 is 2.31 bits per heavy atom. The molecule has 3 rings (SSSR count). The Hall–Kier alpha value is -1.44. The van der Waals surface area contributed by atoms with Crippen LogP contribution in [0.25, 0.3) is 0 Å². The number of anilines is 1. The lowest BCUT2D eigenvalue weighted by atomic mass is 10.0. The number of nitrogens with one attached hydrogen (secondary N) is 2. The molecule has 2 fully saturated rings. The second kappa shape index (κ2) is 8.50. The second-order valence-corrected chi connectivity index (χ2v) is 9.46. The predicted octanol–water partition coefficient (Wildman–Crippen LogP) is 2.58. The summed E-state index contributed by atoms with van der Waals surface area (Å²) in [6.07, 6.45) is 6.53. The maximum atomic E-state index is 12.7. The minimum atomic E-state index is -3.44. The fourth-order valence-corrected chi connectivity index (χ4v) is 5.13. The third-order valence-corrected chi connectivity index (χ3v) is 7.34. The normalized spacial score (nSPS) is 20.3. The van der Waals surface area contributed by atoms with Gasteiger partial charge < -0.3 is 10.6 Å². The molecule has 0 bridgehead atoms. The molecule has 0 aromatic heterocycles. The Balaban J connectivity index is 1.54. The number of nitrogens with zero attached hydrogens (tertiary/aromatic N) is 1. The van der Waals surface area contributed by atoms with Gasteiger partial charge in [0.25, 0.3) is 0 Å². The first kappa shape index (κ1) is 19.3. The molecule has 1 aromatic rings. The lowest BCUT2D eigenvalue weighted by Gasteiger charge is -2.29. The van der Waals surface area contributed by atoms with E-state index in [1.54, 1.807) is 28.6 Å². The summed E-state index contributed by atoms with van der Waals surface area (Å²) in [5.41, 5.74) is 0.620. The molecule has 1 aliphatic carbocycles. The number of sulfonamides is 1. The zero-order chi connectivity index (χ0) is 18.6. The van der Waals surface area contributed by atoms with Gasteiger partial charge in [0.1, 0.15) is 0 Å². The third-order valence-electron chi connectivity index (χ3n) is 5.42. The first-order valence-electron chi connectivity index (χ1n) is 9.58. The highest BCUT2D eigenvalue weighted by Gasteiger charge is 2.27. The number of rotatable bonds is 6. The Labute approximate surface area is 156 Å². The summed E-state index contributed by atoms with van der Waals surface area (Å²) in [5.74, 6) is 0.481. The minimum absolute atomic E-state index is 0.0995. The first-order valence-corrected chi connectivity index (χ1v) is 11.0. The number of carbonyl (C=O) groups excluding carboxylic acids is 1. The summed E-state index contributed by atoms with van der Waals surface area (Å²) >= 11 is 0. The smallest absolute Gasteiger partial charge is 0.243 e. The zero-order valence-electron chi connectivity index (χ0n) is 15.4. The van der Waals surface area contributed by atoms with Crippen molar-refractivity contribution >= 4 is 21.6 Å². The molecule has 0 radical (unpaired) electrons. The van der Waals surface area contributed by atoms with Gasteiger partial charge in [0.2, 0.25) is 15.9 Å². The summed E-state index contributed by atoms with van der Waals surface area (Å²) in [4.78, 5) is 12.3. The van der Waals surface area contributed by atoms with Crippen LogP contribution >= 0.6 is 0 Å². The van der Waals surface area contributed by atoms with E-state index in [9.17, 15) is 13.2 Å². The van der Waals surface area contributed by atoms with Gasteiger partial charge in [-0.2, -0.15) is 4.31 Å². The molecule has 1 saturated carbocycles. The maximum Gasteiger partial charge on any atom is 0.243 e. The molecule has 1 aromatic carbocycles. The average Bonchev–Trinajstić information content (AvgIpc) is 3.14. The summed E-state index contributed by atoms with van der Waals surface area (Å²) < 4.78 is 27.0. The highest BCUT2D eigenvalue weighted by atomic mass is 32.2. The molecule has 1 saturated heterocycles. The molecular formula is C19H29N3O3S. The number of piperidine rings is 1. The molecule has 2 aliphatic rings. The van der Waals surface area contributed by atoms with Crippen LogP contribution in [0.1, 0.15) is 45.4 Å². The van der Waals surface area contributed by atoms with Crippen LogP contribution in [-0.4, -0.2) is 44.3 Å². The minimum Gasteiger partial charge on any atom is -0.325 e. The molecule has 26 heavy (non-hydrogen) atoms. The standard InChI is InChI=1S/C19H29N3O3S/c1-15-10-12-22(13-11-15)26(24,25)18-8-6-17(7-9-18)21-19(23)14-20-16-4-2-3-5-16/h6-9,15-16,20H,2-5,10-14H2,1H3,(H,21,23).